The molecular weight excluding hydrogens is 292 g/mol. The van der Waals surface area contributed by atoms with E-state index in [4.69, 9.17) is 10.5 Å². The highest BCUT2D eigenvalue weighted by Crippen LogP contribution is 2.22. The van der Waals surface area contributed by atoms with Gasteiger partial charge >= 0.3 is 5.97 Å². The highest BCUT2D eigenvalue weighted by Gasteiger charge is 2.27. The SMILES string of the molecule is COC(=O)C1CCN(C(=O)CSc2nccnc2N)CC1. The topological polar surface area (TPSA) is 98.4 Å². The van der Waals surface area contributed by atoms with E-state index in [-0.39, 0.29) is 23.5 Å². The van der Waals surface area contributed by atoms with Crippen molar-refractivity contribution in [1.82, 2.24) is 14.9 Å². The van der Waals surface area contributed by atoms with Crippen molar-refractivity contribution in [2.45, 2.75) is 17.9 Å². The van der Waals surface area contributed by atoms with Gasteiger partial charge in [-0.25, -0.2) is 9.97 Å². The van der Waals surface area contributed by atoms with Gasteiger partial charge in [-0.05, 0) is 12.8 Å². The summed E-state index contributed by atoms with van der Waals surface area (Å²) in [4.78, 5) is 33.3. The average molecular weight is 310 g/mol. The summed E-state index contributed by atoms with van der Waals surface area (Å²) >= 11 is 1.28. The van der Waals surface area contributed by atoms with Gasteiger partial charge in [0.25, 0.3) is 0 Å². The molecule has 1 aromatic rings. The van der Waals surface area contributed by atoms with Crippen molar-refractivity contribution in [3.05, 3.63) is 12.4 Å². The van der Waals surface area contributed by atoms with Crippen LogP contribution in [0.1, 0.15) is 12.8 Å². The fourth-order valence-corrected chi connectivity index (χ4v) is 2.98. The zero-order valence-electron chi connectivity index (χ0n) is 11.8. The Labute approximate surface area is 127 Å². The predicted octanol–water partition coefficient (Wildman–Crippen LogP) is 0.562. The molecular formula is C13H18N4O3S. The van der Waals surface area contributed by atoms with E-state index in [2.05, 4.69) is 9.97 Å². The molecule has 0 spiro atoms. The number of hydrogen-bond donors (Lipinski definition) is 1. The monoisotopic (exact) mass is 310 g/mol. The molecule has 0 radical (unpaired) electrons. The minimum absolute atomic E-state index is 0.0216. The number of piperidine rings is 1. The number of ether oxygens (including phenoxy) is 1. The molecule has 0 unspecified atom stereocenters. The molecule has 7 nitrogen and oxygen atoms in total. The second kappa shape index (κ2) is 7.26. The van der Waals surface area contributed by atoms with Crippen molar-refractivity contribution < 1.29 is 14.3 Å². The van der Waals surface area contributed by atoms with E-state index in [1.54, 1.807) is 11.1 Å². The molecule has 2 rings (SSSR count). The van der Waals surface area contributed by atoms with Crippen molar-refractivity contribution in [3.63, 3.8) is 0 Å². The molecule has 1 aliphatic rings. The predicted molar refractivity (Wildman–Crippen MR) is 78.5 cm³/mol. The third kappa shape index (κ3) is 4.07. The van der Waals surface area contributed by atoms with E-state index in [0.717, 1.165) is 0 Å². The maximum atomic E-state index is 12.1. The van der Waals surface area contributed by atoms with Crippen molar-refractivity contribution in [2.24, 2.45) is 5.92 Å². The van der Waals surface area contributed by atoms with Crippen LogP contribution in [0.3, 0.4) is 0 Å². The van der Waals surface area contributed by atoms with Crippen LogP contribution < -0.4 is 5.73 Å². The first kappa shape index (κ1) is 15.6. The second-order valence-corrected chi connectivity index (χ2v) is 5.68. The lowest BCUT2D eigenvalue weighted by atomic mass is 9.97. The highest BCUT2D eigenvalue weighted by atomic mass is 32.2. The van der Waals surface area contributed by atoms with Gasteiger partial charge < -0.3 is 15.4 Å². The van der Waals surface area contributed by atoms with Crippen LogP contribution in [0, 0.1) is 5.92 Å². The first-order chi connectivity index (χ1) is 10.1. The zero-order valence-corrected chi connectivity index (χ0v) is 12.6. The number of anilines is 1. The standard InChI is InChI=1S/C13H18N4O3S/c1-20-13(19)9-2-6-17(7-3-9)10(18)8-21-12-11(14)15-4-5-16-12/h4-5,9H,2-3,6-8H2,1H3,(H2,14,15). The molecule has 1 fully saturated rings. The third-order valence-electron chi connectivity index (χ3n) is 3.41. The summed E-state index contributed by atoms with van der Waals surface area (Å²) < 4.78 is 4.73. The second-order valence-electron chi connectivity index (χ2n) is 4.71. The van der Waals surface area contributed by atoms with Crippen LogP contribution in [-0.2, 0) is 14.3 Å². The van der Waals surface area contributed by atoms with Gasteiger partial charge in [0.05, 0.1) is 18.8 Å². The zero-order chi connectivity index (χ0) is 15.2. The molecule has 2 N–H and O–H groups in total. The number of rotatable bonds is 4. The van der Waals surface area contributed by atoms with Crippen molar-refractivity contribution >= 4 is 29.5 Å². The van der Waals surface area contributed by atoms with Crippen molar-refractivity contribution in [2.75, 3.05) is 31.7 Å². The summed E-state index contributed by atoms with van der Waals surface area (Å²) in [5.41, 5.74) is 5.68. The summed E-state index contributed by atoms with van der Waals surface area (Å²) in [6, 6.07) is 0. The fourth-order valence-electron chi connectivity index (χ4n) is 2.20. The maximum absolute atomic E-state index is 12.1. The lowest BCUT2D eigenvalue weighted by molar-refractivity contribution is -0.148. The minimum atomic E-state index is -0.191. The van der Waals surface area contributed by atoms with E-state index < -0.39 is 0 Å². The summed E-state index contributed by atoms with van der Waals surface area (Å²) in [6.07, 6.45) is 4.36. The van der Waals surface area contributed by atoms with Crippen molar-refractivity contribution in [3.8, 4) is 0 Å². The van der Waals surface area contributed by atoms with Gasteiger partial charge in [0.15, 0.2) is 5.82 Å². The average Bonchev–Trinajstić information content (AvgIpc) is 2.53. The van der Waals surface area contributed by atoms with Gasteiger partial charge in [-0.1, -0.05) is 11.8 Å². The first-order valence-corrected chi connectivity index (χ1v) is 7.65. The Morgan fingerprint density at radius 2 is 2.05 bits per heavy atom. The number of likely N-dealkylation sites (tertiary alicyclic amines) is 1. The summed E-state index contributed by atoms with van der Waals surface area (Å²) in [5, 5.41) is 0.565. The lowest BCUT2D eigenvalue weighted by Gasteiger charge is -2.30. The number of methoxy groups -OCH3 is 1. The van der Waals surface area contributed by atoms with Gasteiger partial charge in [-0.3, -0.25) is 9.59 Å². The number of nitrogens with zero attached hydrogens (tertiary/aromatic N) is 3. The van der Waals surface area contributed by atoms with Gasteiger partial charge in [0.1, 0.15) is 5.03 Å². The number of aromatic nitrogens is 2. The molecule has 0 bridgehead atoms. The maximum Gasteiger partial charge on any atom is 0.308 e. The molecule has 114 valence electrons. The third-order valence-corrected chi connectivity index (χ3v) is 4.39. The van der Waals surface area contributed by atoms with E-state index >= 15 is 0 Å². The van der Waals surface area contributed by atoms with E-state index in [1.165, 1.54) is 25.1 Å². The number of carbonyl (C=O) groups is 2. The molecule has 21 heavy (non-hydrogen) atoms. The van der Waals surface area contributed by atoms with Crippen LogP contribution in [0.15, 0.2) is 17.4 Å². The van der Waals surface area contributed by atoms with Gasteiger partial charge in [0, 0.05) is 25.5 Å². The van der Waals surface area contributed by atoms with E-state index in [9.17, 15) is 9.59 Å². The molecule has 1 saturated heterocycles. The number of hydrogen-bond acceptors (Lipinski definition) is 7. The Kier molecular flexibility index (Phi) is 5.38. The Hall–Kier alpha value is -1.83. The Bertz CT molecular complexity index is 518. The van der Waals surface area contributed by atoms with Crippen LogP contribution in [0.5, 0.6) is 0 Å². The molecule has 0 aliphatic carbocycles. The highest BCUT2D eigenvalue weighted by molar-refractivity contribution is 8.00. The van der Waals surface area contributed by atoms with Crippen LogP contribution in [0.4, 0.5) is 5.82 Å². The van der Waals surface area contributed by atoms with Crippen LogP contribution >= 0.6 is 11.8 Å². The number of carbonyl (C=O) groups excluding carboxylic acids is 2. The molecule has 2 heterocycles. The number of nitrogens with two attached hydrogens (primary N) is 1. The number of thioether (sulfide) groups is 1. The number of esters is 1. The van der Waals surface area contributed by atoms with Crippen LogP contribution in [0.2, 0.25) is 0 Å². The van der Waals surface area contributed by atoms with E-state index in [1.807, 2.05) is 0 Å². The van der Waals surface area contributed by atoms with E-state index in [0.29, 0.717) is 36.8 Å². The number of nitrogen functional groups attached to an aromatic ring is 1. The Balaban J connectivity index is 1.80. The Morgan fingerprint density at radius 3 is 2.67 bits per heavy atom. The molecule has 1 amide bonds. The summed E-state index contributed by atoms with van der Waals surface area (Å²) in [5.74, 6) is 0.338. The molecule has 1 aromatic heterocycles. The fraction of sp³-hybridized carbons (Fsp3) is 0.538. The first-order valence-electron chi connectivity index (χ1n) is 6.66. The van der Waals surface area contributed by atoms with Crippen molar-refractivity contribution in [1.29, 1.82) is 0 Å². The molecule has 0 atom stereocenters. The molecule has 0 saturated carbocycles. The number of amides is 1. The van der Waals surface area contributed by atoms with Crippen LogP contribution in [-0.4, -0.2) is 52.7 Å². The smallest absolute Gasteiger partial charge is 0.308 e. The van der Waals surface area contributed by atoms with Crippen LogP contribution in [0.25, 0.3) is 0 Å². The molecule has 0 aromatic carbocycles. The largest absolute Gasteiger partial charge is 0.469 e. The normalized spacial score (nSPS) is 15.8. The van der Waals surface area contributed by atoms with Gasteiger partial charge in [-0.2, -0.15) is 0 Å². The quantitative estimate of drug-likeness (QED) is 0.641. The van der Waals surface area contributed by atoms with Gasteiger partial charge in [0.2, 0.25) is 5.91 Å². The minimum Gasteiger partial charge on any atom is -0.469 e. The lowest BCUT2D eigenvalue weighted by Crippen LogP contribution is -2.41. The van der Waals surface area contributed by atoms with Gasteiger partial charge in [-0.15, -0.1) is 0 Å². The molecule has 1 aliphatic heterocycles. The summed E-state index contributed by atoms with van der Waals surface area (Å²) in [7, 11) is 1.39. The Morgan fingerprint density at radius 1 is 1.38 bits per heavy atom. The summed E-state index contributed by atoms with van der Waals surface area (Å²) in [6.45, 7) is 1.16. The molecule has 8 heteroatoms.